The standard InChI is InChI=1S/C11H19N7O2S/c1-17-9-13-11(16-17)3-5-15-21(19,20)10-7-14-18(8-10)6-2-4-12/h7-9,15H,2-6,12H2,1H3. The fourth-order valence-corrected chi connectivity index (χ4v) is 2.72. The summed E-state index contributed by atoms with van der Waals surface area (Å²) in [7, 11) is -1.79. The Morgan fingerprint density at radius 2 is 2.24 bits per heavy atom. The number of aryl methyl sites for hydroxylation is 2. The minimum absolute atomic E-state index is 0.147. The summed E-state index contributed by atoms with van der Waals surface area (Å²) in [4.78, 5) is 4.18. The Balaban J connectivity index is 1.90. The molecule has 2 heterocycles. The van der Waals surface area contributed by atoms with Gasteiger partial charge in [0.1, 0.15) is 11.2 Å². The minimum atomic E-state index is -3.55. The van der Waals surface area contributed by atoms with Crippen molar-refractivity contribution in [2.45, 2.75) is 24.3 Å². The highest BCUT2D eigenvalue weighted by atomic mass is 32.2. The first kappa shape index (κ1) is 15.6. The molecule has 2 aromatic heterocycles. The molecule has 0 bridgehead atoms. The van der Waals surface area contributed by atoms with E-state index in [0.717, 1.165) is 6.42 Å². The SMILES string of the molecule is Cn1cnc(CCNS(=O)(=O)c2cnn(CCCN)c2)n1. The van der Waals surface area contributed by atoms with Gasteiger partial charge in [0.2, 0.25) is 10.0 Å². The summed E-state index contributed by atoms with van der Waals surface area (Å²) in [5.41, 5.74) is 5.41. The van der Waals surface area contributed by atoms with Crippen LogP contribution in [-0.2, 0) is 30.0 Å². The van der Waals surface area contributed by atoms with Crippen LogP contribution in [0.4, 0.5) is 0 Å². The molecule has 0 unspecified atom stereocenters. The summed E-state index contributed by atoms with van der Waals surface area (Å²) < 4.78 is 29.8. The summed E-state index contributed by atoms with van der Waals surface area (Å²) in [6, 6.07) is 0. The molecule has 3 N–H and O–H groups in total. The molecule has 2 rings (SSSR count). The summed E-state index contributed by atoms with van der Waals surface area (Å²) in [5.74, 6) is 0.596. The number of nitrogens with one attached hydrogen (secondary N) is 1. The predicted molar refractivity (Wildman–Crippen MR) is 75.8 cm³/mol. The van der Waals surface area contributed by atoms with Gasteiger partial charge in [-0.2, -0.15) is 10.2 Å². The highest BCUT2D eigenvalue weighted by molar-refractivity contribution is 7.89. The van der Waals surface area contributed by atoms with Crippen molar-refractivity contribution in [1.82, 2.24) is 29.3 Å². The van der Waals surface area contributed by atoms with Crippen molar-refractivity contribution in [2.24, 2.45) is 12.8 Å². The van der Waals surface area contributed by atoms with E-state index >= 15 is 0 Å². The lowest BCUT2D eigenvalue weighted by Gasteiger charge is -2.03. The van der Waals surface area contributed by atoms with E-state index in [-0.39, 0.29) is 11.4 Å². The van der Waals surface area contributed by atoms with Crippen LogP contribution in [-0.4, -0.2) is 46.1 Å². The van der Waals surface area contributed by atoms with Crippen LogP contribution in [0.3, 0.4) is 0 Å². The molecule has 0 atom stereocenters. The van der Waals surface area contributed by atoms with E-state index < -0.39 is 10.0 Å². The predicted octanol–water partition coefficient (Wildman–Crippen LogP) is -1.12. The van der Waals surface area contributed by atoms with Gasteiger partial charge in [-0.05, 0) is 13.0 Å². The molecular weight excluding hydrogens is 294 g/mol. The molecule has 2 aromatic rings. The van der Waals surface area contributed by atoms with Gasteiger partial charge in [-0.25, -0.2) is 18.1 Å². The molecule has 0 aliphatic carbocycles. The van der Waals surface area contributed by atoms with Gasteiger partial charge in [-0.3, -0.25) is 9.36 Å². The molecule has 0 aromatic carbocycles. The Morgan fingerprint density at radius 1 is 1.43 bits per heavy atom. The van der Waals surface area contributed by atoms with Crippen molar-refractivity contribution in [3.8, 4) is 0 Å². The third-order valence-corrected chi connectivity index (χ3v) is 4.21. The second kappa shape index (κ2) is 6.78. The second-order valence-electron chi connectivity index (χ2n) is 4.56. The average Bonchev–Trinajstić information content (AvgIpc) is 3.06. The third-order valence-electron chi connectivity index (χ3n) is 2.80. The van der Waals surface area contributed by atoms with E-state index in [2.05, 4.69) is 19.9 Å². The molecule has 0 aliphatic heterocycles. The Bertz CT molecular complexity index is 676. The molecule has 116 valence electrons. The first-order chi connectivity index (χ1) is 10.0. The molecule has 21 heavy (non-hydrogen) atoms. The highest BCUT2D eigenvalue weighted by Gasteiger charge is 2.16. The minimum Gasteiger partial charge on any atom is -0.330 e. The van der Waals surface area contributed by atoms with Crippen molar-refractivity contribution in [1.29, 1.82) is 0 Å². The number of aromatic nitrogens is 5. The lowest BCUT2D eigenvalue weighted by molar-refractivity contribution is 0.575. The summed E-state index contributed by atoms with van der Waals surface area (Å²) in [6.45, 7) is 1.38. The number of rotatable bonds is 8. The monoisotopic (exact) mass is 313 g/mol. The summed E-state index contributed by atoms with van der Waals surface area (Å²) in [5, 5.41) is 8.09. The van der Waals surface area contributed by atoms with E-state index in [4.69, 9.17) is 5.73 Å². The zero-order valence-electron chi connectivity index (χ0n) is 11.8. The maximum absolute atomic E-state index is 12.1. The molecule has 9 nitrogen and oxygen atoms in total. The van der Waals surface area contributed by atoms with Crippen molar-refractivity contribution in [3.63, 3.8) is 0 Å². The Kier molecular flexibility index (Phi) is 5.04. The van der Waals surface area contributed by atoms with Gasteiger partial charge < -0.3 is 5.73 Å². The Hall–Kier alpha value is -1.78. The normalized spacial score (nSPS) is 11.9. The summed E-state index contributed by atoms with van der Waals surface area (Å²) >= 11 is 0. The van der Waals surface area contributed by atoms with Crippen molar-refractivity contribution in [2.75, 3.05) is 13.1 Å². The van der Waals surface area contributed by atoms with Crippen molar-refractivity contribution in [3.05, 3.63) is 24.5 Å². The number of nitrogens with zero attached hydrogens (tertiary/aromatic N) is 5. The van der Waals surface area contributed by atoms with Gasteiger partial charge in [0.25, 0.3) is 0 Å². The average molecular weight is 313 g/mol. The van der Waals surface area contributed by atoms with Crippen LogP contribution in [0.1, 0.15) is 12.2 Å². The number of nitrogens with two attached hydrogens (primary N) is 1. The van der Waals surface area contributed by atoms with E-state index in [9.17, 15) is 8.42 Å². The van der Waals surface area contributed by atoms with Crippen LogP contribution in [0.2, 0.25) is 0 Å². The first-order valence-electron chi connectivity index (χ1n) is 6.58. The van der Waals surface area contributed by atoms with Gasteiger partial charge in [-0.1, -0.05) is 0 Å². The van der Waals surface area contributed by atoms with Crippen LogP contribution >= 0.6 is 0 Å². The lowest BCUT2D eigenvalue weighted by atomic mass is 10.4. The van der Waals surface area contributed by atoms with Crippen molar-refractivity contribution >= 4 is 10.0 Å². The largest absolute Gasteiger partial charge is 0.330 e. The summed E-state index contributed by atoms with van der Waals surface area (Å²) in [6.07, 6.45) is 5.58. The zero-order chi connectivity index (χ0) is 15.3. The molecule has 0 radical (unpaired) electrons. The van der Waals surface area contributed by atoms with Crippen LogP contribution < -0.4 is 10.5 Å². The molecule has 0 amide bonds. The molecule has 10 heteroatoms. The van der Waals surface area contributed by atoms with Crippen LogP contribution in [0.25, 0.3) is 0 Å². The molecule has 0 saturated carbocycles. The van der Waals surface area contributed by atoms with E-state index in [1.54, 1.807) is 22.7 Å². The Morgan fingerprint density at radius 3 is 2.90 bits per heavy atom. The van der Waals surface area contributed by atoms with Gasteiger partial charge in [-0.15, -0.1) is 0 Å². The number of hydrogen-bond acceptors (Lipinski definition) is 6. The zero-order valence-corrected chi connectivity index (χ0v) is 12.6. The van der Waals surface area contributed by atoms with Crippen LogP contribution in [0.5, 0.6) is 0 Å². The van der Waals surface area contributed by atoms with Crippen LogP contribution in [0, 0.1) is 0 Å². The topological polar surface area (TPSA) is 121 Å². The molecule has 0 spiro atoms. The Labute approximate surface area is 123 Å². The van der Waals surface area contributed by atoms with Crippen LogP contribution in [0.15, 0.2) is 23.6 Å². The van der Waals surface area contributed by atoms with Gasteiger partial charge >= 0.3 is 0 Å². The maximum atomic E-state index is 12.1. The van der Waals surface area contributed by atoms with E-state index in [1.807, 2.05) is 0 Å². The van der Waals surface area contributed by atoms with E-state index in [1.165, 1.54) is 12.4 Å². The van der Waals surface area contributed by atoms with Gasteiger partial charge in [0, 0.05) is 32.8 Å². The number of hydrogen-bond donors (Lipinski definition) is 2. The smallest absolute Gasteiger partial charge is 0.243 e. The fraction of sp³-hybridized carbons (Fsp3) is 0.545. The molecular formula is C11H19N7O2S. The fourth-order valence-electron chi connectivity index (χ4n) is 1.74. The van der Waals surface area contributed by atoms with Crippen molar-refractivity contribution < 1.29 is 8.42 Å². The quantitative estimate of drug-likeness (QED) is 0.637. The highest BCUT2D eigenvalue weighted by Crippen LogP contribution is 2.07. The second-order valence-corrected chi connectivity index (χ2v) is 6.33. The maximum Gasteiger partial charge on any atom is 0.243 e. The van der Waals surface area contributed by atoms with Gasteiger partial charge in [0.05, 0.1) is 6.20 Å². The van der Waals surface area contributed by atoms with E-state index in [0.29, 0.717) is 25.3 Å². The lowest BCUT2D eigenvalue weighted by Crippen LogP contribution is -2.26. The van der Waals surface area contributed by atoms with Gasteiger partial charge in [0.15, 0.2) is 5.82 Å². The first-order valence-corrected chi connectivity index (χ1v) is 8.06. The molecule has 0 saturated heterocycles. The molecule has 0 aliphatic rings. The number of sulfonamides is 1. The molecule has 0 fully saturated rings. The third kappa shape index (κ3) is 4.34.